The van der Waals surface area contributed by atoms with Gasteiger partial charge in [-0.15, -0.1) is 0 Å². The van der Waals surface area contributed by atoms with Gasteiger partial charge in [0.25, 0.3) is 0 Å². The van der Waals surface area contributed by atoms with E-state index in [-0.39, 0.29) is 12.5 Å². The summed E-state index contributed by atoms with van der Waals surface area (Å²) in [6.45, 7) is 0. The molecule has 0 bridgehead atoms. The molecular weight excluding hydrogens is 210 g/mol. The maximum atomic E-state index is 12.0. The van der Waals surface area contributed by atoms with Gasteiger partial charge in [0.1, 0.15) is 0 Å². The van der Waals surface area contributed by atoms with Crippen molar-refractivity contribution in [2.24, 2.45) is 0 Å². The SMILES string of the molecule is FC(F)(F)C1=CC(C(F)(F)F)=CC[CH]1. The third-order valence-electron chi connectivity index (χ3n) is 1.64. The largest absolute Gasteiger partial charge is 0.416 e. The first-order valence-corrected chi connectivity index (χ1v) is 3.61. The smallest absolute Gasteiger partial charge is 0.166 e. The lowest BCUT2D eigenvalue weighted by atomic mass is 9.99. The Morgan fingerprint density at radius 1 is 0.857 bits per heavy atom. The molecule has 79 valence electrons. The summed E-state index contributed by atoms with van der Waals surface area (Å²) in [6, 6.07) is 0. The van der Waals surface area contributed by atoms with Crippen molar-refractivity contribution in [2.45, 2.75) is 18.8 Å². The minimum atomic E-state index is -4.72. The van der Waals surface area contributed by atoms with Gasteiger partial charge < -0.3 is 0 Å². The van der Waals surface area contributed by atoms with E-state index < -0.39 is 23.5 Å². The topological polar surface area (TPSA) is 0 Å². The Hall–Kier alpha value is -0.940. The highest BCUT2D eigenvalue weighted by Gasteiger charge is 2.39. The second-order valence-corrected chi connectivity index (χ2v) is 2.69. The van der Waals surface area contributed by atoms with E-state index in [9.17, 15) is 26.3 Å². The van der Waals surface area contributed by atoms with Crippen LogP contribution in [0.1, 0.15) is 6.42 Å². The van der Waals surface area contributed by atoms with Gasteiger partial charge in [-0.1, -0.05) is 6.08 Å². The number of alkyl halides is 6. The molecular formula is C8H5F6. The predicted molar refractivity (Wildman–Crippen MR) is 37.2 cm³/mol. The summed E-state index contributed by atoms with van der Waals surface area (Å²) >= 11 is 0. The molecule has 0 aromatic carbocycles. The maximum absolute atomic E-state index is 12.0. The fourth-order valence-corrected chi connectivity index (χ4v) is 0.993. The molecule has 14 heavy (non-hydrogen) atoms. The minimum Gasteiger partial charge on any atom is -0.166 e. The lowest BCUT2D eigenvalue weighted by Gasteiger charge is -2.17. The van der Waals surface area contributed by atoms with Crippen molar-refractivity contribution in [2.75, 3.05) is 0 Å². The van der Waals surface area contributed by atoms with Gasteiger partial charge in [-0.05, 0) is 18.9 Å². The Bertz CT molecular complexity index is 277. The number of hydrogen-bond donors (Lipinski definition) is 0. The van der Waals surface area contributed by atoms with Crippen LogP contribution in [0.3, 0.4) is 0 Å². The van der Waals surface area contributed by atoms with Crippen LogP contribution in [0.15, 0.2) is 23.3 Å². The van der Waals surface area contributed by atoms with Gasteiger partial charge in [-0.3, -0.25) is 0 Å². The number of hydrogen-bond acceptors (Lipinski definition) is 0. The van der Waals surface area contributed by atoms with Crippen LogP contribution in [0.2, 0.25) is 0 Å². The molecule has 0 amide bonds. The van der Waals surface area contributed by atoms with E-state index in [2.05, 4.69) is 0 Å². The quantitative estimate of drug-likeness (QED) is 0.542. The molecule has 0 atom stereocenters. The zero-order valence-corrected chi connectivity index (χ0v) is 6.71. The molecule has 0 aromatic heterocycles. The summed E-state index contributed by atoms with van der Waals surface area (Å²) < 4.78 is 72.1. The third kappa shape index (κ3) is 2.52. The predicted octanol–water partition coefficient (Wildman–Crippen LogP) is 3.57. The van der Waals surface area contributed by atoms with E-state index in [1.807, 2.05) is 0 Å². The van der Waals surface area contributed by atoms with Crippen LogP contribution in [0.25, 0.3) is 0 Å². The van der Waals surface area contributed by atoms with Gasteiger partial charge in [0.05, 0.1) is 5.57 Å². The van der Waals surface area contributed by atoms with E-state index in [4.69, 9.17) is 0 Å². The second-order valence-electron chi connectivity index (χ2n) is 2.69. The van der Waals surface area contributed by atoms with Crippen molar-refractivity contribution in [3.63, 3.8) is 0 Å². The van der Waals surface area contributed by atoms with Gasteiger partial charge in [-0.25, -0.2) is 0 Å². The summed E-state index contributed by atoms with van der Waals surface area (Å²) in [4.78, 5) is 0. The molecule has 0 aliphatic heterocycles. The molecule has 0 N–H and O–H groups in total. The van der Waals surface area contributed by atoms with Crippen molar-refractivity contribution in [1.29, 1.82) is 0 Å². The first kappa shape index (κ1) is 11.1. The van der Waals surface area contributed by atoms with Crippen LogP contribution >= 0.6 is 0 Å². The molecule has 0 saturated heterocycles. The first-order chi connectivity index (χ1) is 6.21. The zero-order valence-electron chi connectivity index (χ0n) is 6.71. The third-order valence-corrected chi connectivity index (χ3v) is 1.64. The normalized spacial score (nSPS) is 19.0. The van der Waals surface area contributed by atoms with E-state index in [0.29, 0.717) is 0 Å². The molecule has 6 heteroatoms. The number of rotatable bonds is 0. The van der Waals surface area contributed by atoms with E-state index >= 15 is 0 Å². The Morgan fingerprint density at radius 3 is 1.79 bits per heavy atom. The standard InChI is InChI=1S/C8H5F6/c9-7(10,11)5-2-1-3-6(4-5)8(12,13)14/h2-4H,1H2. The highest BCUT2D eigenvalue weighted by molar-refractivity contribution is 5.38. The molecule has 1 aliphatic carbocycles. The fourth-order valence-electron chi connectivity index (χ4n) is 0.993. The molecule has 0 nitrogen and oxygen atoms in total. The Labute approximate surface area is 75.9 Å². The van der Waals surface area contributed by atoms with Gasteiger partial charge >= 0.3 is 12.4 Å². The summed E-state index contributed by atoms with van der Waals surface area (Å²) in [5.74, 6) is 0. The summed E-state index contributed by atoms with van der Waals surface area (Å²) in [7, 11) is 0. The average molecular weight is 215 g/mol. The lowest BCUT2D eigenvalue weighted by Crippen LogP contribution is -2.19. The van der Waals surface area contributed by atoms with Crippen molar-refractivity contribution in [3.8, 4) is 0 Å². The van der Waals surface area contributed by atoms with Crippen LogP contribution in [-0.2, 0) is 0 Å². The monoisotopic (exact) mass is 215 g/mol. The Morgan fingerprint density at radius 2 is 1.36 bits per heavy atom. The molecule has 0 spiro atoms. The van der Waals surface area contributed by atoms with E-state index in [1.54, 1.807) is 0 Å². The van der Waals surface area contributed by atoms with Crippen molar-refractivity contribution in [1.82, 2.24) is 0 Å². The summed E-state index contributed by atoms with van der Waals surface area (Å²) in [5.41, 5.74) is -2.49. The second kappa shape index (κ2) is 3.33. The molecule has 1 rings (SSSR count). The Kier molecular flexibility index (Phi) is 2.65. The molecule has 0 heterocycles. The van der Waals surface area contributed by atoms with E-state index in [0.717, 1.165) is 12.5 Å². The summed E-state index contributed by atoms with van der Waals surface area (Å²) in [5, 5.41) is 0. The highest BCUT2D eigenvalue weighted by Crippen LogP contribution is 2.37. The van der Waals surface area contributed by atoms with Gasteiger partial charge in [-0.2, -0.15) is 26.3 Å². The van der Waals surface area contributed by atoms with Gasteiger partial charge in [0.2, 0.25) is 0 Å². The van der Waals surface area contributed by atoms with Gasteiger partial charge in [0.15, 0.2) is 0 Å². The maximum Gasteiger partial charge on any atom is 0.416 e. The molecule has 1 radical (unpaired) electrons. The molecule has 1 aliphatic rings. The zero-order chi connectivity index (χ0) is 11.0. The first-order valence-electron chi connectivity index (χ1n) is 3.61. The van der Waals surface area contributed by atoms with E-state index in [1.165, 1.54) is 0 Å². The minimum absolute atomic E-state index is 0.115. The average Bonchev–Trinajstić information content (AvgIpc) is 2.01. The van der Waals surface area contributed by atoms with Crippen LogP contribution < -0.4 is 0 Å². The molecule has 0 unspecified atom stereocenters. The Balaban J connectivity index is 2.95. The van der Waals surface area contributed by atoms with Crippen LogP contribution in [0.4, 0.5) is 26.3 Å². The van der Waals surface area contributed by atoms with Crippen molar-refractivity contribution < 1.29 is 26.3 Å². The van der Waals surface area contributed by atoms with Crippen LogP contribution in [-0.4, -0.2) is 12.4 Å². The van der Waals surface area contributed by atoms with Crippen molar-refractivity contribution in [3.05, 3.63) is 29.7 Å². The highest BCUT2D eigenvalue weighted by atomic mass is 19.4. The molecule has 0 fully saturated rings. The van der Waals surface area contributed by atoms with Crippen LogP contribution in [0, 0.1) is 6.42 Å². The lowest BCUT2D eigenvalue weighted by molar-refractivity contribution is -0.0955. The fraction of sp³-hybridized carbons (Fsp3) is 0.375. The molecule has 0 saturated carbocycles. The summed E-state index contributed by atoms with van der Waals surface area (Å²) in [6.07, 6.45) is -8.23. The molecule has 0 aromatic rings. The van der Waals surface area contributed by atoms with Crippen molar-refractivity contribution >= 4 is 0 Å². The number of allylic oxidation sites excluding steroid dienone is 4. The van der Waals surface area contributed by atoms with Gasteiger partial charge in [0, 0.05) is 5.57 Å². The number of halogens is 6. The van der Waals surface area contributed by atoms with Crippen LogP contribution in [0.5, 0.6) is 0 Å².